The Morgan fingerprint density at radius 1 is 0.836 bits per heavy atom. The van der Waals surface area contributed by atoms with Gasteiger partial charge in [0, 0.05) is 24.1 Å². The van der Waals surface area contributed by atoms with Crippen molar-refractivity contribution in [1.29, 1.82) is 0 Å². The molecule has 2 saturated heterocycles. The van der Waals surface area contributed by atoms with Crippen molar-refractivity contribution in [1.82, 2.24) is 40.4 Å². The molecule has 2 aromatic carbocycles. The summed E-state index contributed by atoms with van der Waals surface area (Å²) in [6.07, 6.45) is 0.832. The van der Waals surface area contributed by atoms with Gasteiger partial charge in [0.1, 0.15) is 29.9 Å². The van der Waals surface area contributed by atoms with Crippen molar-refractivity contribution in [2.45, 2.75) is 77.3 Å². The van der Waals surface area contributed by atoms with E-state index in [0.717, 1.165) is 35.2 Å². The minimum absolute atomic E-state index is 0.0880. The molecule has 0 spiro atoms. The number of hydrogen-bond donors (Lipinski definition) is 4. The maximum atomic E-state index is 14.8. The van der Waals surface area contributed by atoms with Crippen LogP contribution in [0.5, 0.6) is 0 Å². The summed E-state index contributed by atoms with van der Waals surface area (Å²) in [7, 11) is 2.50. The first kappa shape index (κ1) is 38.8. The quantitative estimate of drug-likeness (QED) is 0.165. The Morgan fingerprint density at radius 2 is 1.45 bits per heavy atom. The first-order valence-electron chi connectivity index (χ1n) is 18.5. The van der Waals surface area contributed by atoms with Gasteiger partial charge in [0.15, 0.2) is 0 Å². The van der Waals surface area contributed by atoms with Gasteiger partial charge in [-0.2, -0.15) is 0 Å². The zero-order valence-corrected chi connectivity index (χ0v) is 31.8. The number of alkyl carbamates (subject to hydrolysis) is 2. The first-order chi connectivity index (χ1) is 26.4. The van der Waals surface area contributed by atoms with Crippen molar-refractivity contribution in [3.63, 3.8) is 0 Å². The zero-order chi connectivity index (χ0) is 39.4. The third kappa shape index (κ3) is 8.58. The van der Waals surface area contributed by atoms with E-state index in [1.54, 1.807) is 24.9 Å². The number of nitrogens with one attached hydrogen (secondary N) is 4. The van der Waals surface area contributed by atoms with Gasteiger partial charge in [-0.1, -0.05) is 51.7 Å². The van der Waals surface area contributed by atoms with Crippen LogP contribution < -0.4 is 10.6 Å². The van der Waals surface area contributed by atoms with E-state index in [1.807, 2.05) is 56.3 Å². The number of amides is 4. The number of aromatic amines is 2. The summed E-state index contributed by atoms with van der Waals surface area (Å²) < 4.78 is 24.2. The topological polar surface area (TPSA) is 175 Å². The van der Waals surface area contributed by atoms with E-state index in [9.17, 15) is 23.6 Å². The fraction of sp³-hybridized carbons (Fsp3) is 0.450. The molecule has 2 aromatic heterocycles. The number of carbonyl (C=O) groups is 4. The number of halogens is 1. The predicted molar refractivity (Wildman–Crippen MR) is 202 cm³/mol. The Balaban J connectivity index is 1.13. The van der Waals surface area contributed by atoms with Crippen molar-refractivity contribution >= 4 is 35.0 Å². The monoisotopic (exact) mass is 754 g/mol. The molecule has 2 aliphatic heterocycles. The molecule has 14 nitrogen and oxygen atoms in total. The second kappa shape index (κ2) is 16.6. The van der Waals surface area contributed by atoms with Gasteiger partial charge in [0.05, 0.1) is 55.8 Å². The summed E-state index contributed by atoms with van der Waals surface area (Å²) in [6.45, 7) is 7.85. The molecule has 2 aliphatic rings. The molecule has 5 atom stereocenters. The van der Waals surface area contributed by atoms with Gasteiger partial charge in [-0.3, -0.25) is 9.59 Å². The molecule has 0 saturated carbocycles. The van der Waals surface area contributed by atoms with Crippen LogP contribution in [0.2, 0.25) is 0 Å². The van der Waals surface area contributed by atoms with E-state index >= 15 is 0 Å². The van der Waals surface area contributed by atoms with Crippen LogP contribution in [0.3, 0.4) is 0 Å². The number of nitrogens with zero attached hydrogens (tertiary/aromatic N) is 4. The lowest BCUT2D eigenvalue weighted by Gasteiger charge is -2.30. The number of ether oxygens (including phenoxy) is 2. The average Bonchev–Trinajstić information content (AvgIpc) is 4.00. The molecular formula is C40H47FN8O6. The highest BCUT2D eigenvalue weighted by molar-refractivity contribution is 5.87. The number of methoxy groups -OCH3 is 2. The van der Waals surface area contributed by atoms with Gasteiger partial charge in [-0.25, -0.2) is 23.9 Å². The third-order valence-electron chi connectivity index (χ3n) is 10.1. The maximum absolute atomic E-state index is 14.8. The SMILES string of the molecule is COC(=O)N[C@H](C(=O)N1CCC[C@H]1c1ncc(-c2ccc(C#Cc3ccc4nc([C@@H]5C[C@H](F)CN5C(=O)[C@@H](NC(=O)OC)C(C)C)[nH]c4c3)cc2)[nH]1)C(C)C. The van der Waals surface area contributed by atoms with E-state index in [4.69, 9.17) is 9.47 Å². The number of carbonyl (C=O) groups excluding carboxylic acids is 4. The van der Waals surface area contributed by atoms with E-state index in [0.29, 0.717) is 29.2 Å². The zero-order valence-electron chi connectivity index (χ0n) is 31.8. The van der Waals surface area contributed by atoms with Gasteiger partial charge in [-0.05, 0) is 60.6 Å². The number of fused-ring (bicyclic) bond motifs is 1. The number of benzene rings is 2. The van der Waals surface area contributed by atoms with Crippen molar-refractivity contribution in [2.75, 3.05) is 27.3 Å². The molecule has 0 unspecified atom stereocenters. The molecule has 6 rings (SSSR count). The van der Waals surface area contributed by atoms with Crippen LogP contribution in [0, 0.1) is 23.7 Å². The smallest absolute Gasteiger partial charge is 0.407 e. The van der Waals surface area contributed by atoms with Crippen LogP contribution in [0.4, 0.5) is 14.0 Å². The molecular weight excluding hydrogens is 707 g/mol. The molecule has 0 aliphatic carbocycles. The number of likely N-dealkylation sites (tertiary alicyclic amines) is 2. The number of aromatic nitrogens is 4. The minimum atomic E-state index is -1.23. The Labute approximate surface area is 318 Å². The molecule has 4 aromatic rings. The fourth-order valence-electron chi connectivity index (χ4n) is 7.15. The van der Waals surface area contributed by atoms with Gasteiger partial charge >= 0.3 is 12.2 Å². The lowest BCUT2D eigenvalue weighted by Crippen LogP contribution is -2.51. The maximum Gasteiger partial charge on any atom is 0.407 e. The lowest BCUT2D eigenvalue weighted by atomic mass is 10.0. The van der Waals surface area contributed by atoms with Crippen molar-refractivity contribution < 1.29 is 33.0 Å². The van der Waals surface area contributed by atoms with E-state index in [1.165, 1.54) is 19.1 Å². The highest BCUT2D eigenvalue weighted by atomic mass is 19.1. The second-order valence-corrected chi connectivity index (χ2v) is 14.6. The molecule has 4 N–H and O–H groups in total. The van der Waals surface area contributed by atoms with Crippen LogP contribution in [0.25, 0.3) is 22.3 Å². The Kier molecular flexibility index (Phi) is 11.7. The summed E-state index contributed by atoms with van der Waals surface area (Å²) in [5, 5.41) is 5.25. The van der Waals surface area contributed by atoms with Crippen LogP contribution in [-0.2, 0) is 19.1 Å². The number of alkyl halides is 1. The predicted octanol–water partition coefficient (Wildman–Crippen LogP) is 5.39. The molecule has 55 heavy (non-hydrogen) atoms. The lowest BCUT2D eigenvalue weighted by molar-refractivity contribution is -0.136. The van der Waals surface area contributed by atoms with E-state index in [-0.39, 0.29) is 36.8 Å². The minimum Gasteiger partial charge on any atom is -0.453 e. The van der Waals surface area contributed by atoms with E-state index in [2.05, 4.69) is 42.4 Å². The highest BCUT2D eigenvalue weighted by Gasteiger charge is 2.42. The number of hydrogen-bond acceptors (Lipinski definition) is 8. The Hall–Kier alpha value is -5.91. The standard InChI is InChI=1S/C40H47FN8O6/c1-22(2)33(46-39(52)54-5)37(50)48-17-7-8-31(48)35-42-20-30(45-35)26-14-11-24(12-15-26)9-10-25-13-16-28-29(18-25)44-36(43-28)32-19-27(41)21-49(32)38(51)34(23(3)4)47-40(53)55-6/h11-16,18,20,22-23,27,31-34H,7-8,17,19,21H2,1-6H3,(H,42,45)(H,43,44)(H,46,52)(H,47,53)/t27-,31-,32-,33-,34-/m0/s1. The molecule has 0 bridgehead atoms. The van der Waals surface area contributed by atoms with Crippen molar-refractivity contribution in [2.24, 2.45) is 11.8 Å². The van der Waals surface area contributed by atoms with Crippen molar-refractivity contribution in [3.8, 4) is 23.1 Å². The average molecular weight is 755 g/mol. The molecule has 4 amide bonds. The first-order valence-corrected chi connectivity index (χ1v) is 18.5. The fourth-order valence-corrected chi connectivity index (χ4v) is 7.15. The van der Waals surface area contributed by atoms with E-state index < -0.39 is 42.4 Å². The van der Waals surface area contributed by atoms with Crippen LogP contribution in [-0.4, -0.2) is 99.3 Å². The third-order valence-corrected chi connectivity index (χ3v) is 10.1. The molecule has 4 heterocycles. The Morgan fingerprint density at radius 3 is 2.09 bits per heavy atom. The molecule has 0 radical (unpaired) electrons. The van der Waals surface area contributed by atoms with Crippen LogP contribution >= 0.6 is 0 Å². The van der Waals surface area contributed by atoms with Crippen molar-refractivity contribution in [3.05, 3.63) is 71.4 Å². The number of rotatable bonds is 9. The summed E-state index contributed by atoms with van der Waals surface area (Å²) >= 11 is 0. The van der Waals surface area contributed by atoms with Gasteiger partial charge in [0.25, 0.3) is 0 Å². The summed E-state index contributed by atoms with van der Waals surface area (Å²) in [5.41, 5.74) is 4.63. The summed E-state index contributed by atoms with van der Waals surface area (Å²) in [5.74, 6) is 6.64. The van der Waals surface area contributed by atoms with Gasteiger partial charge in [0.2, 0.25) is 11.8 Å². The summed E-state index contributed by atoms with van der Waals surface area (Å²) in [4.78, 5) is 70.1. The summed E-state index contributed by atoms with van der Waals surface area (Å²) in [6, 6.07) is 10.9. The van der Waals surface area contributed by atoms with Crippen LogP contribution in [0.1, 0.15) is 81.8 Å². The number of imidazole rings is 2. The van der Waals surface area contributed by atoms with Crippen LogP contribution in [0.15, 0.2) is 48.7 Å². The largest absolute Gasteiger partial charge is 0.453 e. The second-order valence-electron chi connectivity index (χ2n) is 14.6. The number of H-pyrrole nitrogens is 2. The molecule has 15 heteroatoms. The Bertz CT molecular complexity index is 2100. The van der Waals surface area contributed by atoms with Gasteiger partial charge in [-0.15, -0.1) is 0 Å². The highest BCUT2D eigenvalue weighted by Crippen LogP contribution is 2.35. The molecule has 2 fully saturated rings. The molecule has 290 valence electrons. The normalized spacial score (nSPS) is 19.3. The van der Waals surface area contributed by atoms with Gasteiger partial charge < -0.3 is 39.9 Å².